The van der Waals surface area contributed by atoms with Gasteiger partial charge in [-0.15, -0.1) is 0 Å². The molecule has 1 saturated heterocycles. The summed E-state index contributed by atoms with van der Waals surface area (Å²) in [6.45, 7) is 1.80. The number of imide groups is 2. The van der Waals surface area contributed by atoms with Crippen molar-refractivity contribution in [1.82, 2.24) is 5.32 Å². The minimum absolute atomic E-state index is 0.0676. The number of carbonyl (C=O) groups excluding carboxylic acids is 3. The number of aryl methyl sites for hydroxylation is 1. The van der Waals surface area contributed by atoms with Crippen LogP contribution in [0.1, 0.15) is 11.1 Å². The van der Waals surface area contributed by atoms with Gasteiger partial charge in [-0.1, -0.05) is 36.4 Å². The topological polar surface area (TPSA) is 66.5 Å². The third-order valence-corrected chi connectivity index (χ3v) is 4.65. The number of rotatable bonds is 2. The molecule has 0 bridgehead atoms. The molecule has 0 aliphatic carbocycles. The number of barbiturate groups is 1. The number of hydrogen-bond donors (Lipinski definition) is 1. The smallest absolute Gasteiger partial charge is 0.273 e. The molecule has 1 aliphatic heterocycles. The molecule has 1 heterocycles. The van der Waals surface area contributed by atoms with Crippen molar-refractivity contribution in [2.75, 3.05) is 4.90 Å². The quantitative estimate of drug-likeness (QED) is 0.450. The van der Waals surface area contributed by atoms with Crippen LogP contribution in [-0.2, 0) is 9.59 Å². The minimum Gasteiger partial charge on any atom is -0.273 e. The highest BCUT2D eigenvalue weighted by atomic mass is 127. The zero-order chi connectivity index (χ0) is 17.3. The highest BCUT2D eigenvalue weighted by molar-refractivity contribution is 14.1. The van der Waals surface area contributed by atoms with Crippen LogP contribution in [0.15, 0.2) is 54.1 Å². The van der Waals surface area contributed by atoms with Crippen molar-refractivity contribution in [2.24, 2.45) is 0 Å². The maximum Gasteiger partial charge on any atom is 0.335 e. The second-order valence-corrected chi connectivity index (χ2v) is 6.43. The molecule has 0 radical (unpaired) electrons. The van der Waals surface area contributed by atoms with E-state index in [9.17, 15) is 14.4 Å². The molecule has 0 spiro atoms. The van der Waals surface area contributed by atoms with Crippen molar-refractivity contribution in [2.45, 2.75) is 6.92 Å². The number of nitrogens with one attached hydrogen (secondary N) is 1. The Bertz CT molecular complexity index is 889. The first kappa shape index (κ1) is 16.4. The lowest BCUT2D eigenvalue weighted by atomic mass is 10.1. The molecule has 1 N–H and O–H groups in total. The second-order valence-electron chi connectivity index (χ2n) is 5.27. The van der Waals surface area contributed by atoms with Crippen molar-refractivity contribution in [1.29, 1.82) is 0 Å². The van der Waals surface area contributed by atoms with Gasteiger partial charge >= 0.3 is 6.03 Å². The summed E-state index contributed by atoms with van der Waals surface area (Å²) in [7, 11) is 0. The molecule has 0 unspecified atom stereocenters. The van der Waals surface area contributed by atoms with E-state index in [-0.39, 0.29) is 5.57 Å². The van der Waals surface area contributed by atoms with Crippen LogP contribution in [0.25, 0.3) is 6.08 Å². The molecule has 0 saturated carbocycles. The molecule has 5 nitrogen and oxygen atoms in total. The van der Waals surface area contributed by atoms with E-state index in [0.29, 0.717) is 5.69 Å². The number of benzene rings is 2. The Labute approximate surface area is 152 Å². The molecule has 3 rings (SSSR count). The number of nitrogens with zero attached hydrogens (tertiary/aromatic N) is 1. The van der Waals surface area contributed by atoms with E-state index in [4.69, 9.17) is 0 Å². The zero-order valence-electron chi connectivity index (χ0n) is 12.7. The third-order valence-electron chi connectivity index (χ3n) is 3.66. The number of amides is 4. The molecule has 4 amide bonds. The van der Waals surface area contributed by atoms with Crippen LogP contribution < -0.4 is 10.2 Å². The Balaban J connectivity index is 2.07. The van der Waals surface area contributed by atoms with Crippen LogP contribution in [-0.4, -0.2) is 17.8 Å². The van der Waals surface area contributed by atoms with Crippen molar-refractivity contribution in [3.63, 3.8) is 0 Å². The zero-order valence-corrected chi connectivity index (χ0v) is 14.9. The Kier molecular flexibility index (Phi) is 4.48. The fraction of sp³-hybridized carbons (Fsp3) is 0.0556. The van der Waals surface area contributed by atoms with Crippen LogP contribution >= 0.6 is 22.6 Å². The summed E-state index contributed by atoms with van der Waals surface area (Å²) < 4.78 is 0.905. The molecule has 1 aliphatic rings. The van der Waals surface area contributed by atoms with E-state index in [0.717, 1.165) is 19.6 Å². The SMILES string of the molecule is Cc1ccccc1N1C(=O)NC(=O)/C(=C\c2ccccc2I)C1=O. The van der Waals surface area contributed by atoms with Crippen LogP contribution in [0.4, 0.5) is 10.5 Å². The second kappa shape index (κ2) is 6.56. The van der Waals surface area contributed by atoms with Crippen molar-refractivity contribution < 1.29 is 14.4 Å². The van der Waals surface area contributed by atoms with E-state index in [1.165, 1.54) is 6.08 Å². The first-order chi connectivity index (χ1) is 11.5. The van der Waals surface area contributed by atoms with E-state index >= 15 is 0 Å². The van der Waals surface area contributed by atoms with E-state index in [1.807, 2.05) is 30.3 Å². The monoisotopic (exact) mass is 432 g/mol. The van der Waals surface area contributed by atoms with Crippen LogP contribution in [0, 0.1) is 10.5 Å². The summed E-state index contributed by atoms with van der Waals surface area (Å²) in [6, 6.07) is 13.7. The predicted molar refractivity (Wildman–Crippen MR) is 99.3 cm³/mol. The molecule has 1 fully saturated rings. The molecule has 0 atom stereocenters. The van der Waals surface area contributed by atoms with E-state index < -0.39 is 17.8 Å². The number of carbonyl (C=O) groups is 3. The van der Waals surface area contributed by atoms with Gasteiger partial charge in [0.25, 0.3) is 11.8 Å². The lowest BCUT2D eigenvalue weighted by Gasteiger charge is -2.27. The standard InChI is InChI=1S/C18H13IN2O3/c1-11-6-2-5-9-15(11)21-17(23)13(16(22)20-18(21)24)10-12-7-3-4-8-14(12)19/h2-10H,1H3,(H,20,22,24)/b13-10+. The van der Waals surface area contributed by atoms with Crippen molar-refractivity contribution in [3.8, 4) is 0 Å². The van der Waals surface area contributed by atoms with Gasteiger partial charge in [0.2, 0.25) is 0 Å². The van der Waals surface area contributed by atoms with E-state index in [1.54, 1.807) is 25.1 Å². The van der Waals surface area contributed by atoms with Gasteiger partial charge in [-0.25, -0.2) is 9.69 Å². The Hall–Kier alpha value is -2.48. The molecule has 0 aromatic heterocycles. The predicted octanol–water partition coefficient (Wildman–Crippen LogP) is 3.27. The van der Waals surface area contributed by atoms with Crippen LogP contribution in [0.2, 0.25) is 0 Å². The lowest BCUT2D eigenvalue weighted by Crippen LogP contribution is -2.54. The van der Waals surface area contributed by atoms with Gasteiger partial charge in [0.1, 0.15) is 5.57 Å². The van der Waals surface area contributed by atoms with Crippen LogP contribution in [0.5, 0.6) is 0 Å². The fourth-order valence-electron chi connectivity index (χ4n) is 2.44. The Morgan fingerprint density at radius 3 is 2.38 bits per heavy atom. The highest BCUT2D eigenvalue weighted by Crippen LogP contribution is 2.25. The Morgan fingerprint density at radius 2 is 1.67 bits per heavy atom. The molecular formula is C18H13IN2O3. The van der Waals surface area contributed by atoms with Gasteiger partial charge in [-0.05, 0) is 58.9 Å². The molecule has 24 heavy (non-hydrogen) atoms. The molecule has 2 aromatic rings. The molecular weight excluding hydrogens is 419 g/mol. The number of urea groups is 1. The average Bonchev–Trinajstić information content (AvgIpc) is 2.54. The summed E-state index contributed by atoms with van der Waals surface area (Å²) in [5.74, 6) is -1.31. The van der Waals surface area contributed by atoms with Gasteiger partial charge in [0.05, 0.1) is 5.69 Å². The van der Waals surface area contributed by atoms with Gasteiger partial charge in [-0.2, -0.15) is 0 Å². The maximum absolute atomic E-state index is 12.8. The lowest BCUT2D eigenvalue weighted by molar-refractivity contribution is -0.122. The van der Waals surface area contributed by atoms with Crippen LogP contribution in [0.3, 0.4) is 0 Å². The number of hydrogen-bond acceptors (Lipinski definition) is 3. The Morgan fingerprint density at radius 1 is 1.00 bits per heavy atom. The van der Waals surface area contributed by atoms with Crippen molar-refractivity contribution in [3.05, 3.63) is 68.8 Å². The molecule has 6 heteroatoms. The summed E-state index contributed by atoms with van der Waals surface area (Å²) in [5, 5.41) is 2.23. The van der Waals surface area contributed by atoms with Crippen molar-refractivity contribution >= 4 is 52.2 Å². The minimum atomic E-state index is -0.737. The number of halogens is 1. The third kappa shape index (κ3) is 2.96. The first-order valence-electron chi connectivity index (χ1n) is 7.20. The summed E-state index contributed by atoms with van der Waals surface area (Å²) in [4.78, 5) is 38.1. The average molecular weight is 432 g/mol. The number of anilines is 1. The molecule has 2 aromatic carbocycles. The summed E-state index contributed by atoms with van der Waals surface area (Å²) in [6.07, 6.45) is 1.51. The van der Waals surface area contributed by atoms with Gasteiger partial charge in [-0.3, -0.25) is 14.9 Å². The van der Waals surface area contributed by atoms with Gasteiger partial charge in [0.15, 0.2) is 0 Å². The number of para-hydroxylation sites is 1. The normalized spacial score (nSPS) is 16.5. The maximum atomic E-state index is 12.8. The summed E-state index contributed by atoms with van der Waals surface area (Å²) >= 11 is 2.13. The molecule has 120 valence electrons. The van der Waals surface area contributed by atoms with E-state index in [2.05, 4.69) is 27.9 Å². The first-order valence-corrected chi connectivity index (χ1v) is 8.28. The van der Waals surface area contributed by atoms with Gasteiger partial charge < -0.3 is 0 Å². The largest absolute Gasteiger partial charge is 0.335 e. The summed E-state index contributed by atoms with van der Waals surface area (Å²) in [5.41, 5.74) is 1.91. The highest BCUT2D eigenvalue weighted by Gasteiger charge is 2.37. The fourth-order valence-corrected chi connectivity index (χ4v) is 2.98. The van der Waals surface area contributed by atoms with Gasteiger partial charge in [0, 0.05) is 3.57 Å².